The summed E-state index contributed by atoms with van der Waals surface area (Å²) in [5.41, 5.74) is -0.0865. The second-order valence-corrected chi connectivity index (χ2v) is 10.5. The van der Waals surface area contributed by atoms with Crippen molar-refractivity contribution in [2.45, 2.75) is 19.6 Å². The lowest BCUT2D eigenvalue weighted by Gasteiger charge is -2.34. The molecule has 0 saturated carbocycles. The zero-order valence-corrected chi connectivity index (χ0v) is 17.8. The summed E-state index contributed by atoms with van der Waals surface area (Å²) in [5.74, 6) is -2.33. The van der Waals surface area contributed by atoms with Gasteiger partial charge in [-0.1, -0.05) is 13.0 Å². The number of carbonyl (C=O) groups is 1. The lowest BCUT2D eigenvalue weighted by molar-refractivity contribution is -0.192. The third-order valence-electron chi connectivity index (χ3n) is 5.15. The number of hydrogen-bond donors (Lipinski definition) is 1. The molecule has 7 nitrogen and oxygen atoms in total. The quantitative estimate of drug-likeness (QED) is 0.747. The minimum Gasteiger partial charge on any atom is -0.475 e. The molecular weight excluding hydrogens is 433 g/mol. The van der Waals surface area contributed by atoms with Crippen LogP contribution in [0.2, 0.25) is 0 Å². The van der Waals surface area contributed by atoms with Crippen LogP contribution in [0, 0.1) is 11.3 Å². The molecule has 2 aliphatic rings. The van der Waals surface area contributed by atoms with E-state index in [1.54, 1.807) is 15.6 Å². The van der Waals surface area contributed by atoms with E-state index in [1.807, 2.05) is 0 Å². The van der Waals surface area contributed by atoms with Crippen molar-refractivity contribution in [3.8, 4) is 0 Å². The van der Waals surface area contributed by atoms with E-state index in [4.69, 9.17) is 14.6 Å². The second kappa shape index (κ2) is 9.29. The van der Waals surface area contributed by atoms with E-state index < -0.39 is 22.2 Å². The molecule has 2 aliphatic heterocycles. The fraction of sp³-hybridized carbons (Fsp3) is 0.706. The highest BCUT2D eigenvalue weighted by Gasteiger charge is 2.47. The van der Waals surface area contributed by atoms with Gasteiger partial charge in [-0.25, -0.2) is 13.2 Å². The van der Waals surface area contributed by atoms with Gasteiger partial charge in [0.25, 0.3) is 0 Å². The topological polar surface area (TPSA) is 87.2 Å². The molecule has 2 atom stereocenters. The fourth-order valence-corrected chi connectivity index (χ4v) is 5.23. The van der Waals surface area contributed by atoms with Gasteiger partial charge in [0.1, 0.15) is 0 Å². The number of aliphatic carboxylic acids is 1. The molecule has 0 bridgehead atoms. The normalized spacial score (nSPS) is 26.7. The largest absolute Gasteiger partial charge is 0.490 e. The van der Waals surface area contributed by atoms with E-state index >= 15 is 0 Å². The third kappa shape index (κ3) is 6.64. The first kappa shape index (κ1) is 24.1. The van der Waals surface area contributed by atoms with Crippen molar-refractivity contribution in [3.63, 3.8) is 0 Å². The summed E-state index contributed by atoms with van der Waals surface area (Å²) in [6.07, 6.45) is -3.78. The molecule has 1 spiro atoms. The standard InChI is InChI=1S/C15H24N2O3S2.C2HF3O2/c1-13-8-16(9-14-4-3-7-21-14)10-15(13)11-17(22(2,18)19)5-6-20-12-15;3-2(4,5)1(6)7/h3-4,7,13H,5-6,8-12H2,1-2H3;(H,6,7)/t13-,15+;/m0./s1. The minimum absolute atomic E-state index is 0.0865. The Balaban J connectivity index is 0.000000370. The zero-order valence-electron chi connectivity index (χ0n) is 16.2. The molecule has 0 radical (unpaired) electrons. The predicted molar refractivity (Wildman–Crippen MR) is 102 cm³/mol. The number of alkyl halides is 3. The van der Waals surface area contributed by atoms with Crippen molar-refractivity contribution in [2.24, 2.45) is 11.3 Å². The van der Waals surface area contributed by atoms with Gasteiger partial charge >= 0.3 is 12.1 Å². The molecule has 166 valence electrons. The molecule has 1 aromatic heterocycles. The van der Waals surface area contributed by atoms with E-state index in [-0.39, 0.29) is 5.41 Å². The van der Waals surface area contributed by atoms with Gasteiger partial charge in [0.15, 0.2) is 0 Å². The number of halogens is 3. The third-order valence-corrected chi connectivity index (χ3v) is 7.26. The van der Waals surface area contributed by atoms with Crippen molar-refractivity contribution in [1.82, 2.24) is 9.21 Å². The summed E-state index contributed by atoms with van der Waals surface area (Å²) >= 11 is 1.78. The van der Waals surface area contributed by atoms with E-state index in [1.165, 1.54) is 11.1 Å². The van der Waals surface area contributed by atoms with Gasteiger partial charge in [0, 0.05) is 43.0 Å². The molecule has 3 rings (SSSR count). The Morgan fingerprint density at radius 3 is 2.59 bits per heavy atom. The Labute approximate surface area is 172 Å². The zero-order chi connectivity index (χ0) is 21.9. The maximum Gasteiger partial charge on any atom is 0.490 e. The molecule has 1 N–H and O–H groups in total. The van der Waals surface area contributed by atoms with E-state index in [9.17, 15) is 21.6 Å². The van der Waals surface area contributed by atoms with E-state index in [0.717, 1.165) is 19.6 Å². The lowest BCUT2D eigenvalue weighted by atomic mass is 9.80. The van der Waals surface area contributed by atoms with E-state index in [2.05, 4.69) is 29.3 Å². The molecule has 29 heavy (non-hydrogen) atoms. The first-order valence-electron chi connectivity index (χ1n) is 8.91. The van der Waals surface area contributed by atoms with Crippen LogP contribution in [0.25, 0.3) is 0 Å². The SMILES string of the molecule is C[C@H]1CN(Cc2cccs2)C[C@@]12COCCN(S(C)(=O)=O)C2.O=C(O)C(F)(F)F. The van der Waals surface area contributed by atoms with Crippen LogP contribution in [0.1, 0.15) is 11.8 Å². The van der Waals surface area contributed by atoms with Crippen LogP contribution < -0.4 is 0 Å². The summed E-state index contributed by atoms with van der Waals surface area (Å²) < 4.78 is 63.1. The van der Waals surface area contributed by atoms with Gasteiger partial charge in [0.2, 0.25) is 10.0 Å². The van der Waals surface area contributed by atoms with Crippen LogP contribution >= 0.6 is 11.3 Å². The van der Waals surface area contributed by atoms with Crippen molar-refractivity contribution >= 4 is 27.3 Å². The average Bonchev–Trinajstić information content (AvgIpc) is 3.10. The molecule has 2 saturated heterocycles. The lowest BCUT2D eigenvalue weighted by Crippen LogP contribution is -2.45. The average molecular weight is 459 g/mol. The van der Waals surface area contributed by atoms with Gasteiger partial charge in [-0.2, -0.15) is 17.5 Å². The van der Waals surface area contributed by atoms with Crippen LogP contribution in [-0.4, -0.2) is 80.5 Å². The number of ether oxygens (including phenoxy) is 1. The smallest absolute Gasteiger partial charge is 0.475 e. The molecule has 0 aromatic carbocycles. The number of rotatable bonds is 3. The summed E-state index contributed by atoms with van der Waals surface area (Å²) in [4.78, 5) is 12.7. The highest BCUT2D eigenvalue weighted by Crippen LogP contribution is 2.39. The molecule has 2 fully saturated rings. The summed E-state index contributed by atoms with van der Waals surface area (Å²) in [5, 5.41) is 9.23. The number of nitrogens with zero attached hydrogens (tertiary/aromatic N) is 2. The molecular formula is C17H25F3N2O5S2. The van der Waals surface area contributed by atoms with Gasteiger partial charge in [0.05, 0.1) is 19.5 Å². The first-order chi connectivity index (χ1) is 13.3. The second-order valence-electron chi connectivity index (χ2n) is 7.46. The number of likely N-dealkylation sites (tertiary alicyclic amines) is 1. The molecule has 0 unspecified atom stereocenters. The van der Waals surface area contributed by atoms with E-state index in [0.29, 0.717) is 32.2 Å². The monoisotopic (exact) mass is 458 g/mol. The fourth-order valence-electron chi connectivity index (χ4n) is 3.58. The van der Waals surface area contributed by atoms with Gasteiger partial charge < -0.3 is 9.84 Å². The Bertz CT molecular complexity index is 785. The van der Waals surface area contributed by atoms with Crippen molar-refractivity contribution < 1.29 is 36.2 Å². The first-order valence-corrected chi connectivity index (χ1v) is 11.6. The Morgan fingerprint density at radius 1 is 1.41 bits per heavy atom. The van der Waals surface area contributed by atoms with Crippen molar-refractivity contribution in [2.75, 3.05) is 45.6 Å². The van der Waals surface area contributed by atoms with Crippen molar-refractivity contribution in [1.29, 1.82) is 0 Å². The molecule has 1 aromatic rings. The van der Waals surface area contributed by atoms with Gasteiger partial charge in [-0.15, -0.1) is 11.3 Å². The highest BCUT2D eigenvalue weighted by atomic mass is 32.2. The number of carboxylic acids is 1. The highest BCUT2D eigenvalue weighted by molar-refractivity contribution is 7.88. The maximum atomic E-state index is 12.0. The summed E-state index contributed by atoms with van der Waals surface area (Å²) in [6.45, 7) is 7.27. The van der Waals surface area contributed by atoms with Crippen LogP contribution in [-0.2, 0) is 26.1 Å². The van der Waals surface area contributed by atoms with Gasteiger partial charge in [-0.05, 0) is 17.4 Å². The molecule has 0 amide bonds. The number of thiophene rings is 1. The minimum atomic E-state index is -5.08. The summed E-state index contributed by atoms with van der Waals surface area (Å²) in [7, 11) is -3.17. The molecule has 3 heterocycles. The van der Waals surface area contributed by atoms with Gasteiger partial charge in [-0.3, -0.25) is 4.90 Å². The number of carboxylic acid groups (broad SMARTS) is 1. The Kier molecular flexibility index (Phi) is 7.71. The number of sulfonamides is 1. The maximum absolute atomic E-state index is 12.0. The molecule has 0 aliphatic carbocycles. The van der Waals surface area contributed by atoms with Crippen molar-refractivity contribution in [3.05, 3.63) is 22.4 Å². The predicted octanol–water partition coefficient (Wildman–Crippen LogP) is 2.11. The Morgan fingerprint density at radius 2 is 2.07 bits per heavy atom. The van der Waals surface area contributed by atoms with Crippen LogP contribution in [0.3, 0.4) is 0 Å². The molecule has 12 heteroatoms. The van der Waals surface area contributed by atoms with Crippen LogP contribution in [0.5, 0.6) is 0 Å². The van der Waals surface area contributed by atoms with Crippen LogP contribution in [0.15, 0.2) is 17.5 Å². The summed E-state index contributed by atoms with van der Waals surface area (Å²) in [6, 6.07) is 4.24. The Hall–Kier alpha value is -1.21. The van der Waals surface area contributed by atoms with Crippen LogP contribution in [0.4, 0.5) is 13.2 Å². The number of hydrogen-bond acceptors (Lipinski definition) is 6.